The summed E-state index contributed by atoms with van der Waals surface area (Å²) in [6, 6.07) is 12.7. The normalized spacial score (nSPS) is 15.9. The van der Waals surface area contributed by atoms with Crippen molar-refractivity contribution in [3.63, 3.8) is 0 Å². The van der Waals surface area contributed by atoms with Crippen LogP contribution in [-0.4, -0.2) is 48.3 Å². The molecule has 1 aliphatic rings. The molecule has 0 unspecified atom stereocenters. The van der Waals surface area contributed by atoms with E-state index in [0.29, 0.717) is 47.8 Å². The van der Waals surface area contributed by atoms with Crippen molar-refractivity contribution >= 4 is 32.1 Å². The van der Waals surface area contributed by atoms with Gasteiger partial charge in [0.1, 0.15) is 23.4 Å². The molecule has 0 amide bonds. The summed E-state index contributed by atoms with van der Waals surface area (Å²) in [6.07, 6.45) is 1.51. The molecule has 0 N–H and O–H groups in total. The van der Waals surface area contributed by atoms with E-state index in [4.69, 9.17) is 9.47 Å². The van der Waals surface area contributed by atoms with Gasteiger partial charge in [0, 0.05) is 16.9 Å². The molecule has 1 saturated heterocycles. The van der Waals surface area contributed by atoms with Gasteiger partial charge in [0.05, 0.1) is 30.9 Å². The molecule has 2 aromatic heterocycles. The summed E-state index contributed by atoms with van der Waals surface area (Å²) in [5, 5.41) is 0.406. The number of nitrogens with zero attached hydrogens (tertiary/aromatic N) is 3. The minimum absolute atomic E-state index is 0.0394. The third kappa shape index (κ3) is 4.03. The van der Waals surface area contributed by atoms with E-state index in [1.807, 2.05) is 0 Å². The van der Waals surface area contributed by atoms with E-state index in [2.05, 4.69) is 21.1 Å². The average Bonchev–Trinajstić information content (AvgIpc) is 3.18. The van der Waals surface area contributed by atoms with Gasteiger partial charge in [-0.25, -0.2) is 9.97 Å². The van der Waals surface area contributed by atoms with Crippen molar-refractivity contribution in [3.05, 3.63) is 54.9 Å². The zero-order valence-corrected chi connectivity index (χ0v) is 18.6. The second-order valence-electron chi connectivity index (χ2n) is 8.34. The lowest BCUT2D eigenvalue weighted by molar-refractivity contribution is -0.120. The minimum atomic E-state index is -5.85. The first-order valence-electron chi connectivity index (χ1n) is 10.1. The summed E-state index contributed by atoms with van der Waals surface area (Å²) >= 11 is 0. The van der Waals surface area contributed by atoms with Crippen LogP contribution in [0.4, 0.5) is 13.2 Å². The van der Waals surface area contributed by atoms with Crippen LogP contribution < -0.4 is 8.92 Å². The number of halogens is 3. The van der Waals surface area contributed by atoms with Crippen molar-refractivity contribution in [1.82, 2.24) is 14.5 Å². The number of alkyl halides is 3. The van der Waals surface area contributed by atoms with Gasteiger partial charge in [-0.05, 0) is 30.3 Å². The minimum Gasteiger partial charge on any atom is -0.493 e. The molecule has 0 atom stereocenters. The second kappa shape index (κ2) is 7.84. The molecule has 0 spiro atoms. The van der Waals surface area contributed by atoms with Crippen molar-refractivity contribution in [1.29, 1.82) is 0 Å². The number of para-hydroxylation sites is 1. The van der Waals surface area contributed by atoms with Crippen molar-refractivity contribution in [2.24, 2.45) is 5.41 Å². The standard InChI is InChI=1S/C22H18F3N3O5S/c1-21(10-31-11-21)12-32-15-6-7-16-17(9-15)28(13-26-16)19-8-5-14-3-2-4-18(20(14)27-19)33-34(29,30)22(23,24)25/h2-9,13H,10-12H2,1H3. The van der Waals surface area contributed by atoms with Gasteiger partial charge in [-0.15, -0.1) is 0 Å². The van der Waals surface area contributed by atoms with Gasteiger partial charge in [-0.3, -0.25) is 4.57 Å². The van der Waals surface area contributed by atoms with Gasteiger partial charge >= 0.3 is 15.6 Å². The molecule has 3 heterocycles. The molecule has 1 aliphatic heterocycles. The molecule has 0 bridgehead atoms. The molecule has 0 radical (unpaired) electrons. The van der Waals surface area contributed by atoms with Gasteiger partial charge in [-0.2, -0.15) is 21.6 Å². The van der Waals surface area contributed by atoms with Gasteiger partial charge in [0.25, 0.3) is 0 Å². The fourth-order valence-corrected chi connectivity index (χ4v) is 3.99. The van der Waals surface area contributed by atoms with Crippen LogP contribution >= 0.6 is 0 Å². The first-order chi connectivity index (χ1) is 16.0. The van der Waals surface area contributed by atoms with Gasteiger partial charge in [0.15, 0.2) is 5.75 Å². The van der Waals surface area contributed by atoms with Crippen LogP contribution in [0.1, 0.15) is 6.92 Å². The lowest BCUT2D eigenvalue weighted by Crippen LogP contribution is -2.44. The Morgan fingerprint density at radius 1 is 1.15 bits per heavy atom. The molecule has 34 heavy (non-hydrogen) atoms. The Hall–Kier alpha value is -3.38. The fraction of sp³-hybridized carbons (Fsp3) is 0.273. The first kappa shape index (κ1) is 22.4. The third-order valence-corrected chi connectivity index (χ3v) is 6.37. The summed E-state index contributed by atoms with van der Waals surface area (Å²) in [7, 11) is -5.85. The second-order valence-corrected chi connectivity index (χ2v) is 9.88. The number of hydrogen-bond acceptors (Lipinski definition) is 7. The Morgan fingerprint density at radius 3 is 2.65 bits per heavy atom. The lowest BCUT2D eigenvalue weighted by Gasteiger charge is -2.37. The summed E-state index contributed by atoms with van der Waals surface area (Å²) in [5.74, 6) is 0.400. The fourth-order valence-electron chi connectivity index (χ4n) is 3.53. The van der Waals surface area contributed by atoms with Crippen LogP contribution in [0.2, 0.25) is 0 Å². The predicted octanol–water partition coefficient (Wildman–Crippen LogP) is 4.22. The maximum atomic E-state index is 12.8. The molecule has 0 saturated carbocycles. The molecule has 2 aromatic carbocycles. The highest BCUT2D eigenvalue weighted by Crippen LogP contribution is 2.32. The van der Waals surface area contributed by atoms with E-state index < -0.39 is 21.4 Å². The van der Waals surface area contributed by atoms with Crippen molar-refractivity contribution in [2.75, 3.05) is 19.8 Å². The predicted molar refractivity (Wildman–Crippen MR) is 116 cm³/mol. The zero-order chi connectivity index (χ0) is 24.1. The topological polar surface area (TPSA) is 92.5 Å². The largest absolute Gasteiger partial charge is 0.534 e. The maximum absolute atomic E-state index is 12.8. The van der Waals surface area contributed by atoms with Crippen molar-refractivity contribution in [3.8, 4) is 17.3 Å². The lowest BCUT2D eigenvalue weighted by atomic mass is 9.90. The third-order valence-electron chi connectivity index (χ3n) is 5.41. The van der Waals surface area contributed by atoms with Crippen molar-refractivity contribution in [2.45, 2.75) is 12.4 Å². The molecule has 0 aliphatic carbocycles. The van der Waals surface area contributed by atoms with Crippen molar-refractivity contribution < 1.29 is 35.2 Å². The van der Waals surface area contributed by atoms with Crippen LogP contribution in [0.15, 0.2) is 54.9 Å². The smallest absolute Gasteiger partial charge is 0.493 e. The van der Waals surface area contributed by atoms with Crippen LogP contribution in [0.3, 0.4) is 0 Å². The van der Waals surface area contributed by atoms with Gasteiger partial charge in [-0.1, -0.05) is 19.1 Å². The molecule has 8 nitrogen and oxygen atoms in total. The highest BCUT2D eigenvalue weighted by Gasteiger charge is 2.48. The van der Waals surface area contributed by atoms with E-state index in [1.54, 1.807) is 41.0 Å². The van der Waals surface area contributed by atoms with E-state index in [-0.39, 0.29) is 10.9 Å². The maximum Gasteiger partial charge on any atom is 0.534 e. The molecule has 178 valence electrons. The van der Waals surface area contributed by atoms with E-state index in [9.17, 15) is 21.6 Å². The number of benzene rings is 2. The summed E-state index contributed by atoms with van der Waals surface area (Å²) in [5.41, 5.74) is -4.34. The Bertz CT molecular complexity index is 1500. The monoisotopic (exact) mass is 493 g/mol. The Kier molecular flexibility index (Phi) is 5.17. The number of ether oxygens (including phenoxy) is 2. The Balaban J connectivity index is 1.52. The number of rotatable bonds is 6. The Morgan fingerprint density at radius 2 is 1.94 bits per heavy atom. The van der Waals surface area contributed by atoms with Gasteiger partial charge in [0.2, 0.25) is 0 Å². The van der Waals surface area contributed by atoms with E-state index >= 15 is 0 Å². The summed E-state index contributed by atoms with van der Waals surface area (Å²) < 4.78 is 78.7. The highest BCUT2D eigenvalue weighted by atomic mass is 32.2. The molecular weight excluding hydrogens is 475 g/mol. The van der Waals surface area contributed by atoms with Crippen LogP contribution in [-0.2, 0) is 14.9 Å². The SMILES string of the molecule is CC1(COc2ccc3ncn(-c4ccc5cccc(OS(=O)(=O)C(F)(F)F)c5n4)c3c2)COC1. The molecule has 4 aromatic rings. The summed E-state index contributed by atoms with van der Waals surface area (Å²) in [6.45, 7) is 3.80. The number of imidazole rings is 1. The number of aromatic nitrogens is 3. The molecule has 1 fully saturated rings. The number of fused-ring (bicyclic) bond motifs is 2. The molecule has 12 heteroatoms. The molecule has 5 rings (SSSR count). The number of pyridine rings is 1. The summed E-state index contributed by atoms with van der Waals surface area (Å²) in [4.78, 5) is 8.72. The number of hydrogen-bond donors (Lipinski definition) is 0. The van der Waals surface area contributed by atoms with E-state index in [1.165, 1.54) is 12.4 Å². The average molecular weight is 493 g/mol. The van der Waals surface area contributed by atoms with Gasteiger partial charge < -0.3 is 13.7 Å². The Labute approximate surface area is 192 Å². The van der Waals surface area contributed by atoms with Crippen LogP contribution in [0, 0.1) is 5.41 Å². The molecular formula is C22H18F3N3O5S. The van der Waals surface area contributed by atoms with E-state index in [0.717, 1.165) is 6.07 Å². The first-order valence-corrected chi connectivity index (χ1v) is 11.5. The quantitative estimate of drug-likeness (QED) is 0.293. The van der Waals surface area contributed by atoms with Crippen LogP contribution in [0.25, 0.3) is 27.8 Å². The zero-order valence-electron chi connectivity index (χ0n) is 17.7. The highest BCUT2D eigenvalue weighted by molar-refractivity contribution is 7.88. The van der Waals surface area contributed by atoms with Crippen LogP contribution in [0.5, 0.6) is 11.5 Å².